The van der Waals surface area contributed by atoms with Crippen molar-refractivity contribution < 1.29 is 14.3 Å². The molecule has 3 heteroatoms. The van der Waals surface area contributed by atoms with Crippen LogP contribution < -0.4 is 0 Å². The van der Waals surface area contributed by atoms with Crippen LogP contribution in [-0.4, -0.2) is 11.8 Å². The molecule has 0 heterocycles. The van der Waals surface area contributed by atoms with E-state index in [-0.39, 0.29) is 18.2 Å². The molecule has 0 unspecified atom stereocenters. The summed E-state index contributed by atoms with van der Waals surface area (Å²) in [5, 5.41) is 0. The Morgan fingerprint density at radius 1 is 0.955 bits per heavy atom. The highest BCUT2D eigenvalue weighted by molar-refractivity contribution is 5.89. The van der Waals surface area contributed by atoms with Crippen LogP contribution in [0.15, 0.2) is 60.7 Å². The minimum absolute atomic E-state index is 0.177. The molecule has 0 N–H and O–H groups in total. The molecule has 0 aliphatic heterocycles. The molecule has 0 spiro atoms. The normalized spacial score (nSPS) is 13.2. The molecule has 0 saturated carbocycles. The second-order valence-electron chi connectivity index (χ2n) is 5.24. The fraction of sp³-hybridized carbons (Fsp3) is 0.263. The molecule has 2 aromatic carbocycles. The number of carbonyl (C=O) groups excluding carboxylic acids is 2. The minimum atomic E-state index is -1.27. The molecule has 1 atom stereocenters. The van der Waals surface area contributed by atoms with Gasteiger partial charge in [0, 0.05) is 18.4 Å². The van der Waals surface area contributed by atoms with E-state index in [1.807, 2.05) is 60.7 Å². The van der Waals surface area contributed by atoms with Crippen molar-refractivity contribution in [1.29, 1.82) is 0 Å². The lowest BCUT2D eigenvalue weighted by atomic mass is 9.83. The van der Waals surface area contributed by atoms with E-state index in [0.29, 0.717) is 12.0 Å². The summed E-state index contributed by atoms with van der Waals surface area (Å²) in [6, 6.07) is 18.8. The highest BCUT2D eigenvalue weighted by atomic mass is 16.6. The zero-order valence-corrected chi connectivity index (χ0v) is 12.9. The number of carbonyl (C=O) groups is 2. The van der Waals surface area contributed by atoms with Crippen molar-refractivity contribution in [1.82, 2.24) is 0 Å². The molecule has 0 amide bonds. The van der Waals surface area contributed by atoms with E-state index in [1.54, 1.807) is 6.92 Å². The maximum absolute atomic E-state index is 12.4. The Kier molecular flexibility index (Phi) is 5.10. The molecule has 2 rings (SSSR count). The first kappa shape index (κ1) is 16.0. The highest BCUT2D eigenvalue weighted by Crippen LogP contribution is 2.32. The molecular weight excluding hydrogens is 276 g/mol. The van der Waals surface area contributed by atoms with Gasteiger partial charge in [-0.15, -0.1) is 0 Å². The van der Waals surface area contributed by atoms with Crippen molar-refractivity contribution in [2.24, 2.45) is 0 Å². The van der Waals surface area contributed by atoms with Crippen LogP contribution in [0.25, 0.3) is 0 Å². The zero-order chi connectivity index (χ0) is 16.0. The van der Waals surface area contributed by atoms with Gasteiger partial charge in [-0.25, -0.2) is 0 Å². The molecule has 114 valence electrons. The first-order chi connectivity index (χ1) is 10.6. The summed E-state index contributed by atoms with van der Waals surface area (Å²) in [6.45, 7) is 3.19. The molecule has 0 fully saturated rings. The van der Waals surface area contributed by atoms with Gasteiger partial charge in [0.2, 0.25) is 0 Å². The van der Waals surface area contributed by atoms with E-state index < -0.39 is 5.60 Å². The van der Waals surface area contributed by atoms with Gasteiger partial charge in [-0.3, -0.25) is 9.59 Å². The van der Waals surface area contributed by atoms with Gasteiger partial charge in [-0.2, -0.15) is 0 Å². The van der Waals surface area contributed by atoms with Gasteiger partial charge >= 0.3 is 5.97 Å². The number of ketones is 1. The SMILES string of the molecule is CCC(=O)O[C@](Cc1ccccc1)(C(C)=O)c1ccccc1. The first-order valence-corrected chi connectivity index (χ1v) is 7.41. The lowest BCUT2D eigenvalue weighted by molar-refractivity contribution is -0.168. The number of Topliss-reactive ketones (excluding diaryl/α,β-unsaturated/α-hetero) is 1. The predicted octanol–water partition coefficient (Wildman–Crippen LogP) is 3.67. The largest absolute Gasteiger partial charge is 0.446 e. The lowest BCUT2D eigenvalue weighted by Gasteiger charge is -2.31. The molecule has 3 nitrogen and oxygen atoms in total. The van der Waals surface area contributed by atoms with Gasteiger partial charge in [0.15, 0.2) is 11.4 Å². The third-order valence-corrected chi connectivity index (χ3v) is 3.68. The second-order valence-corrected chi connectivity index (χ2v) is 5.24. The van der Waals surface area contributed by atoms with Crippen LogP contribution >= 0.6 is 0 Å². The average Bonchev–Trinajstić information content (AvgIpc) is 2.55. The number of hydrogen-bond donors (Lipinski definition) is 0. The number of hydrogen-bond acceptors (Lipinski definition) is 3. The lowest BCUT2D eigenvalue weighted by Crippen LogP contribution is -2.41. The van der Waals surface area contributed by atoms with E-state index in [4.69, 9.17) is 4.74 Å². The van der Waals surface area contributed by atoms with Gasteiger partial charge < -0.3 is 4.74 Å². The number of benzene rings is 2. The van der Waals surface area contributed by atoms with Crippen LogP contribution in [0.5, 0.6) is 0 Å². The van der Waals surface area contributed by atoms with Crippen LogP contribution in [-0.2, 0) is 26.3 Å². The fourth-order valence-corrected chi connectivity index (χ4v) is 2.45. The smallest absolute Gasteiger partial charge is 0.306 e. The van der Waals surface area contributed by atoms with Crippen molar-refractivity contribution in [2.45, 2.75) is 32.3 Å². The summed E-state index contributed by atoms with van der Waals surface area (Å²) in [7, 11) is 0. The molecule has 0 radical (unpaired) electrons. The zero-order valence-electron chi connectivity index (χ0n) is 12.9. The molecule has 0 saturated heterocycles. The Balaban J connectivity index is 2.50. The third kappa shape index (κ3) is 3.42. The Hall–Kier alpha value is -2.42. The number of esters is 1. The summed E-state index contributed by atoms with van der Waals surface area (Å²) in [5.74, 6) is -0.556. The van der Waals surface area contributed by atoms with E-state index in [0.717, 1.165) is 5.56 Å². The second kappa shape index (κ2) is 7.03. The summed E-state index contributed by atoms with van der Waals surface area (Å²) in [6.07, 6.45) is 0.565. The van der Waals surface area contributed by atoms with E-state index in [2.05, 4.69) is 0 Å². The summed E-state index contributed by atoms with van der Waals surface area (Å²) in [5.41, 5.74) is 0.383. The predicted molar refractivity (Wildman–Crippen MR) is 85.3 cm³/mol. The topological polar surface area (TPSA) is 43.4 Å². The van der Waals surface area contributed by atoms with Gasteiger partial charge in [0.05, 0.1) is 0 Å². The van der Waals surface area contributed by atoms with E-state index in [1.165, 1.54) is 6.92 Å². The van der Waals surface area contributed by atoms with Crippen molar-refractivity contribution in [3.8, 4) is 0 Å². The van der Waals surface area contributed by atoms with Crippen molar-refractivity contribution in [3.63, 3.8) is 0 Å². The first-order valence-electron chi connectivity index (χ1n) is 7.41. The third-order valence-electron chi connectivity index (χ3n) is 3.68. The Morgan fingerprint density at radius 3 is 2.00 bits per heavy atom. The fourth-order valence-electron chi connectivity index (χ4n) is 2.45. The quantitative estimate of drug-likeness (QED) is 0.764. The standard InChI is InChI=1S/C19H20O3/c1-3-18(21)22-19(15(2)20,17-12-8-5-9-13-17)14-16-10-6-4-7-11-16/h4-13H,3,14H2,1-2H3/t19-/m1/s1. The summed E-state index contributed by atoms with van der Waals surface area (Å²) < 4.78 is 5.65. The van der Waals surface area contributed by atoms with E-state index >= 15 is 0 Å². The number of ether oxygens (including phenoxy) is 1. The van der Waals surface area contributed by atoms with Gasteiger partial charge in [-0.1, -0.05) is 67.6 Å². The van der Waals surface area contributed by atoms with Crippen LogP contribution in [0.4, 0.5) is 0 Å². The monoisotopic (exact) mass is 296 g/mol. The summed E-state index contributed by atoms with van der Waals surface area (Å²) >= 11 is 0. The Labute approximate surface area is 130 Å². The van der Waals surface area contributed by atoms with Crippen LogP contribution in [0.3, 0.4) is 0 Å². The van der Waals surface area contributed by atoms with Crippen molar-refractivity contribution in [3.05, 3.63) is 71.8 Å². The molecule has 0 aliphatic rings. The average molecular weight is 296 g/mol. The minimum Gasteiger partial charge on any atom is -0.446 e. The molecule has 0 aliphatic carbocycles. The van der Waals surface area contributed by atoms with Crippen LogP contribution in [0, 0.1) is 0 Å². The van der Waals surface area contributed by atoms with Gasteiger partial charge in [0.1, 0.15) is 0 Å². The Bertz CT molecular complexity index is 634. The maximum Gasteiger partial charge on any atom is 0.306 e. The van der Waals surface area contributed by atoms with Crippen LogP contribution in [0.2, 0.25) is 0 Å². The van der Waals surface area contributed by atoms with Crippen LogP contribution in [0.1, 0.15) is 31.4 Å². The molecule has 0 aromatic heterocycles. The number of rotatable bonds is 6. The summed E-state index contributed by atoms with van der Waals surface area (Å²) in [4.78, 5) is 24.4. The van der Waals surface area contributed by atoms with Crippen molar-refractivity contribution in [2.75, 3.05) is 0 Å². The molecule has 0 bridgehead atoms. The Morgan fingerprint density at radius 2 is 1.50 bits per heavy atom. The van der Waals surface area contributed by atoms with Gasteiger partial charge in [0.25, 0.3) is 0 Å². The van der Waals surface area contributed by atoms with E-state index in [9.17, 15) is 9.59 Å². The molecular formula is C19H20O3. The molecule has 2 aromatic rings. The highest BCUT2D eigenvalue weighted by Gasteiger charge is 2.41. The van der Waals surface area contributed by atoms with Gasteiger partial charge in [-0.05, 0) is 12.5 Å². The maximum atomic E-state index is 12.4. The molecule has 22 heavy (non-hydrogen) atoms. The van der Waals surface area contributed by atoms with Crippen molar-refractivity contribution >= 4 is 11.8 Å².